The lowest BCUT2D eigenvalue weighted by Gasteiger charge is -2.19. The molecule has 0 N–H and O–H groups in total. The smallest absolute Gasteiger partial charge is 0.267 e. The molecule has 8 heteroatoms. The van der Waals surface area contributed by atoms with Crippen LogP contribution in [0.2, 0.25) is 0 Å². The van der Waals surface area contributed by atoms with E-state index in [4.69, 9.17) is 14.5 Å². The van der Waals surface area contributed by atoms with Gasteiger partial charge in [-0.2, -0.15) is 0 Å². The third kappa shape index (κ3) is 3.79. The summed E-state index contributed by atoms with van der Waals surface area (Å²) in [5.41, 5.74) is 2.21. The second-order valence-corrected chi connectivity index (χ2v) is 7.44. The Morgan fingerprint density at radius 1 is 1.14 bits per heavy atom. The third-order valence-electron chi connectivity index (χ3n) is 4.46. The molecular weight excluding hydrogens is 388 g/mol. The molecule has 0 saturated heterocycles. The summed E-state index contributed by atoms with van der Waals surface area (Å²) in [4.78, 5) is 19.8. The summed E-state index contributed by atoms with van der Waals surface area (Å²) < 4.78 is 13.1. The summed E-state index contributed by atoms with van der Waals surface area (Å²) in [6.07, 6.45) is 1.66. The number of anilines is 1. The van der Waals surface area contributed by atoms with Gasteiger partial charge in [0.15, 0.2) is 5.13 Å². The number of aryl methyl sites for hydroxylation is 1. The number of fused-ring (bicyclic) bond motifs is 1. The van der Waals surface area contributed by atoms with Crippen molar-refractivity contribution in [1.29, 1.82) is 0 Å². The van der Waals surface area contributed by atoms with Gasteiger partial charge in [0, 0.05) is 13.2 Å². The van der Waals surface area contributed by atoms with Crippen LogP contribution in [0.4, 0.5) is 5.13 Å². The van der Waals surface area contributed by atoms with Crippen LogP contribution in [-0.4, -0.2) is 34.9 Å². The maximum atomic E-state index is 13.5. The Morgan fingerprint density at radius 3 is 2.66 bits per heavy atom. The third-order valence-corrected chi connectivity index (χ3v) is 5.50. The Bertz CT molecular complexity index is 1150. The predicted molar refractivity (Wildman–Crippen MR) is 113 cm³/mol. The Hall–Kier alpha value is -3.39. The molecule has 0 aliphatic heterocycles. The van der Waals surface area contributed by atoms with Crippen molar-refractivity contribution in [2.45, 2.75) is 6.54 Å². The molecular formula is C21H20N4O3S. The lowest BCUT2D eigenvalue weighted by Crippen LogP contribution is -2.30. The van der Waals surface area contributed by atoms with Gasteiger partial charge in [-0.3, -0.25) is 14.4 Å². The normalized spacial score (nSPS) is 10.9. The quantitative estimate of drug-likeness (QED) is 0.484. The highest BCUT2D eigenvalue weighted by molar-refractivity contribution is 7.22. The minimum atomic E-state index is -0.218. The summed E-state index contributed by atoms with van der Waals surface area (Å²) in [5, 5.41) is 4.82. The molecule has 0 radical (unpaired) electrons. The highest BCUT2D eigenvalue weighted by Gasteiger charge is 2.26. The van der Waals surface area contributed by atoms with Gasteiger partial charge in [0.25, 0.3) is 5.91 Å². The first-order valence-corrected chi connectivity index (χ1v) is 9.78. The molecule has 0 fully saturated rings. The summed E-state index contributed by atoms with van der Waals surface area (Å²) in [5.74, 6) is 0.825. The van der Waals surface area contributed by atoms with Gasteiger partial charge in [0.05, 0.1) is 31.0 Å². The molecule has 0 saturated carbocycles. The average Bonchev–Trinajstić information content (AvgIpc) is 3.34. The lowest BCUT2D eigenvalue weighted by molar-refractivity contribution is 0.0982. The molecule has 0 bridgehead atoms. The van der Waals surface area contributed by atoms with E-state index in [1.165, 1.54) is 18.4 Å². The van der Waals surface area contributed by atoms with E-state index < -0.39 is 0 Å². The van der Waals surface area contributed by atoms with Crippen LogP contribution in [0.25, 0.3) is 10.2 Å². The minimum Gasteiger partial charge on any atom is -0.497 e. The fraction of sp³-hybridized carbons (Fsp3) is 0.190. The number of ether oxygens (including phenoxy) is 2. The molecule has 0 aliphatic rings. The monoisotopic (exact) mass is 408 g/mol. The van der Waals surface area contributed by atoms with E-state index in [0.29, 0.717) is 23.1 Å². The van der Waals surface area contributed by atoms with Crippen LogP contribution in [0, 0.1) is 0 Å². The molecule has 0 spiro atoms. The fourth-order valence-corrected chi connectivity index (χ4v) is 4.03. The summed E-state index contributed by atoms with van der Waals surface area (Å²) in [7, 11) is 4.89. The van der Waals surface area contributed by atoms with E-state index in [9.17, 15) is 4.79 Å². The van der Waals surface area contributed by atoms with Crippen molar-refractivity contribution in [1.82, 2.24) is 14.8 Å². The van der Waals surface area contributed by atoms with E-state index in [1.54, 1.807) is 29.9 Å². The van der Waals surface area contributed by atoms with E-state index in [2.05, 4.69) is 5.10 Å². The van der Waals surface area contributed by atoms with Crippen LogP contribution in [0.1, 0.15) is 15.9 Å². The lowest BCUT2D eigenvalue weighted by atomic mass is 10.2. The van der Waals surface area contributed by atoms with Crippen LogP contribution in [-0.2, 0) is 13.6 Å². The predicted octanol–water partition coefficient (Wildman–Crippen LogP) is 3.89. The number of methoxy groups -OCH3 is 2. The largest absolute Gasteiger partial charge is 0.497 e. The van der Waals surface area contributed by atoms with Crippen LogP contribution >= 0.6 is 11.3 Å². The van der Waals surface area contributed by atoms with Crippen molar-refractivity contribution in [3.63, 3.8) is 0 Å². The van der Waals surface area contributed by atoms with Crippen LogP contribution in [0.3, 0.4) is 0 Å². The van der Waals surface area contributed by atoms with Gasteiger partial charge in [0.2, 0.25) is 5.88 Å². The average molecular weight is 408 g/mol. The summed E-state index contributed by atoms with van der Waals surface area (Å²) in [6, 6.07) is 15.5. The van der Waals surface area contributed by atoms with Gasteiger partial charge >= 0.3 is 0 Å². The standard InChI is InChI=1S/C21H20N4O3S/c1-24-13-16(19(23-24)28-3)20(26)25(12-14-7-5-4-6-8-14)21-22-17-10-9-15(27-2)11-18(17)29-21/h4-11,13H,12H2,1-3H3. The zero-order valence-corrected chi connectivity index (χ0v) is 17.1. The van der Waals surface area contributed by atoms with Crippen LogP contribution < -0.4 is 14.4 Å². The molecule has 4 aromatic rings. The molecule has 0 unspecified atom stereocenters. The number of carbonyl (C=O) groups excluding carboxylic acids is 1. The zero-order chi connectivity index (χ0) is 20.4. The van der Waals surface area contributed by atoms with Crippen molar-refractivity contribution in [2.24, 2.45) is 7.05 Å². The number of aromatic nitrogens is 3. The highest BCUT2D eigenvalue weighted by atomic mass is 32.1. The second-order valence-electron chi connectivity index (χ2n) is 6.43. The molecule has 2 heterocycles. The van der Waals surface area contributed by atoms with Crippen LogP contribution in [0.5, 0.6) is 11.6 Å². The number of rotatable bonds is 6. The number of amides is 1. The minimum absolute atomic E-state index is 0.218. The number of benzene rings is 2. The molecule has 7 nitrogen and oxygen atoms in total. The first-order chi connectivity index (χ1) is 14.1. The SMILES string of the molecule is COc1ccc2nc(N(Cc3ccccc3)C(=O)c3cn(C)nc3OC)sc2c1. The molecule has 0 atom stereocenters. The van der Waals surface area contributed by atoms with E-state index in [-0.39, 0.29) is 5.91 Å². The van der Waals surface area contributed by atoms with Crippen molar-refractivity contribution in [3.8, 4) is 11.6 Å². The van der Waals surface area contributed by atoms with Crippen molar-refractivity contribution in [2.75, 3.05) is 19.1 Å². The van der Waals surface area contributed by atoms with E-state index in [0.717, 1.165) is 21.5 Å². The Kier molecular flexibility index (Phi) is 5.18. The Balaban J connectivity index is 1.78. The van der Waals surface area contributed by atoms with Gasteiger partial charge in [-0.25, -0.2) is 4.98 Å². The number of thiazole rings is 1. The number of carbonyl (C=O) groups is 1. The summed E-state index contributed by atoms with van der Waals surface area (Å²) in [6.45, 7) is 0.384. The van der Waals surface area contributed by atoms with Crippen LogP contribution in [0.15, 0.2) is 54.7 Å². The summed E-state index contributed by atoms with van der Waals surface area (Å²) >= 11 is 1.44. The molecule has 148 valence electrons. The Morgan fingerprint density at radius 2 is 1.93 bits per heavy atom. The maximum Gasteiger partial charge on any atom is 0.267 e. The zero-order valence-electron chi connectivity index (χ0n) is 16.3. The molecule has 29 heavy (non-hydrogen) atoms. The highest BCUT2D eigenvalue weighted by Crippen LogP contribution is 2.33. The second kappa shape index (κ2) is 7.92. The van der Waals surface area contributed by atoms with Gasteiger partial charge in [0.1, 0.15) is 11.3 Å². The molecule has 1 amide bonds. The topological polar surface area (TPSA) is 69.5 Å². The number of hydrogen-bond acceptors (Lipinski definition) is 6. The molecule has 0 aliphatic carbocycles. The molecule has 2 aromatic carbocycles. The van der Waals surface area contributed by atoms with Gasteiger partial charge in [-0.05, 0) is 23.8 Å². The Labute approximate surface area is 172 Å². The van der Waals surface area contributed by atoms with Gasteiger partial charge < -0.3 is 9.47 Å². The fourth-order valence-electron chi connectivity index (χ4n) is 3.04. The first kappa shape index (κ1) is 18.9. The van der Waals surface area contributed by atoms with Crippen molar-refractivity contribution >= 4 is 32.6 Å². The number of nitrogens with zero attached hydrogens (tertiary/aromatic N) is 4. The van der Waals surface area contributed by atoms with Crippen molar-refractivity contribution in [3.05, 3.63) is 65.9 Å². The molecule has 4 rings (SSSR count). The van der Waals surface area contributed by atoms with E-state index in [1.807, 2.05) is 48.5 Å². The molecule has 2 aromatic heterocycles. The van der Waals surface area contributed by atoms with E-state index >= 15 is 0 Å². The van der Waals surface area contributed by atoms with Crippen molar-refractivity contribution < 1.29 is 14.3 Å². The number of hydrogen-bond donors (Lipinski definition) is 0. The maximum absolute atomic E-state index is 13.5. The first-order valence-electron chi connectivity index (χ1n) is 8.97. The van der Waals surface area contributed by atoms with Gasteiger partial charge in [-0.15, -0.1) is 5.10 Å². The van der Waals surface area contributed by atoms with Gasteiger partial charge in [-0.1, -0.05) is 41.7 Å².